The summed E-state index contributed by atoms with van der Waals surface area (Å²) in [6.45, 7) is 1.68. The van der Waals surface area contributed by atoms with Crippen LogP contribution in [-0.2, 0) is 37.0 Å². The van der Waals surface area contributed by atoms with E-state index in [4.69, 9.17) is 0 Å². The second-order valence-corrected chi connectivity index (χ2v) is 10.4. The molecule has 0 aromatic heterocycles. The number of carbonyl (C=O) groups excluding carboxylic acids is 1. The first-order chi connectivity index (χ1) is 12.7. The van der Waals surface area contributed by atoms with Crippen LogP contribution in [0.25, 0.3) is 0 Å². The number of rotatable bonds is 4. The lowest BCUT2D eigenvalue weighted by Crippen LogP contribution is -2.63. The van der Waals surface area contributed by atoms with Crippen molar-refractivity contribution in [2.24, 2.45) is 0 Å². The molecule has 0 saturated carbocycles. The molecule has 5 rings (SSSR count). The average molecular weight is 392 g/mol. The van der Waals surface area contributed by atoms with E-state index in [0.717, 1.165) is 57.3 Å². The van der Waals surface area contributed by atoms with Gasteiger partial charge in [-0.15, -0.1) is 0 Å². The van der Waals surface area contributed by atoms with Crippen LogP contribution in [0.2, 0.25) is 0 Å². The summed E-state index contributed by atoms with van der Waals surface area (Å²) in [6.07, 6.45) is 6.64. The van der Waals surface area contributed by atoms with Gasteiger partial charge in [0.05, 0.1) is 24.5 Å². The fourth-order valence-corrected chi connectivity index (χ4v) is 6.54. The van der Waals surface area contributed by atoms with Gasteiger partial charge in [-0.05, 0) is 60.8 Å². The number of benzene rings is 1. The van der Waals surface area contributed by atoms with Crippen LogP contribution in [0.1, 0.15) is 35.1 Å². The Balaban J connectivity index is 1.22. The first-order valence-corrected chi connectivity index (χ1v) is 12.0. The second-order valence-electron chi connectivity index (χ2n) is 7.85. The van der Waals surface area contributed by atoms with Crippen molar-refractivity contribution >= 4 is 34.8 Å². The number of nitrogens with zero attached hydrogens (tertiary/aromatic N) is 1. The van der Waals surface area contributed by atoms with Gasteiger partial charge >= 0.3 is 6.03 Å². The maximum absolute atomic E-state index is 12.5. The van der Waals surface area contributed by atoms with Crippen molar-refractivity contribution in [2.45, 2.75) is 49.8 Å². The van der Waals surface area contributed by atoms with Crippen LogP contribution in [0, 0.1) is 0 Å². The number of carbonyl (C=O) groups is 1. The average Bonchev–Trinajstić information content (AvgIpc) is 3.16. The minimum Gasteiger partial charge on any atom is -0.593 e. The van der Waals surface area contributed by atoms with Gasteiger partial charge in [0.15, 0.2) is 5.25 Å². The Kier molecular flexibility index (Phi) is 4.59. The Morgan fingerprint density at radius 2 is 1.77 bits per heavy atom. The molecule has 1 unspecified atom stereocenters. The molecule has 2 saturated heterocycles. The van der Waals surface area contributed by atoms with Gasteiger partial charge in [0.25, 0.3) is 0 Å². The van der Waals surface area contributed by atoms with E-state index in [2.05, 4.69) is 21.0 Å². The monoisotopic (exact) mass is 391 g/mol. The van der Waals surface area contributed by atoms with Gasteiger partial charge in [0.2, 0.25) is 0 Å². The van der Waals surface area contributed by atoms with Crippen molar-refractivity contribution in [1.29, 1.82) is 0 Å². The second kappa shape index (κ2) is 6.93. The molecule has 2 aliphatic carbocycles. The highest BCUT2D eigenvalue weighted by Gasteiger charge is 2.42. The predicted octanol–water partition coefficient (Wildman–Crippen LogP) is 2.25. The lowest BCUT2D eigenvalue weighted by Gasteiger charge is -2.46. The SMILES string of the molecule is O=C(Nc1c2c(cc3c1CCC3)CCC2)N[S+]([O-])C1CN(C2CSC2)C1. The molecule has 2 N–H and O–H groups in total. The Morgan fingerprint density at radius 3 is 2.35 bits per heavy atom. The maximum Gasteiger partial charge on any atom is 0.360 e. The van der Waals surface area contributed by atoms with Crippen molar-refractivity contribution in [3.8, 4) is 0 Å². The number of hydrogen-bond acceptors (Lipinski definition) is 4. The smallest absolute Gasteiger partial charge is 0.360 e. The zero-order valence-electron chi connectivity index (χ0n) is 14.9. The molecule has 2 fully saturated rings. The van der Waals surface area contributed by atoms with E-state index < -0.39 is 11.4 Å². The van der Waals surface area contributed by atoms with Gasteiger partial charge in [-0.3, -0.25) is 4.90 Å². The maximum atomic E-state index is 12.5. The minimum atomic E-state index is -1.30. The number of anilines is 1. The Hall–Kier alpha value is -0.890. The Labute approximate surface area is 162 Å². The molecule has 4 aliphatic rings. The number of hydrogen-bond donors (Lipinski definition) is 2. The topological polar surface area (TPSA) is 67.4 Å². The number of aryl methyl sites for hydroxylation is 2. The zero-order chi connectivity index (χ0) is 17.7. The summed E-state index contributed by atoms with van der Waals surface area (Å²) >= 11 is 0.662. The van der Waals surface area contributed by atoms with Crippen LogP contribution in [-0.4, -0.2) is 51.4 Å². The molecule has 2 amide bonds. The minimum absolute atomic E-state index is 0.0681. The van der Waals surface area contributed by atoms with Gasteiger partial charge in [-0.2, -0.15) is 16.5 Å². The third-order valence-corrected chi connectivity index (χ3v) is 8.75. The molecule has 26 heavy (non-hydrogen) atoms. The molecule has 1 aromatic carbocycles. The summed E-state index contributed by atoms with van der Waals surface area (Å²) in [7, 11) is 0. The number of likely N-dealkylation sites (tertiary alicyclic amines) is 1. The molecule has 1 aromatic rings. The number of nitrogens with one attached hydrogen (secondary N) is 2. The van der Waals surface area contributed by atoms with Crippen LogP contribution >= 0.6 is 11.8 Å². The van der Waals surface area contributed by atoms with E-state index in [1.807, 2.05) is 11.8 Å². The molecule has 5 nitrogen and oxygen atoms in total. The van der Waals surface area contributed by atoms with Crippen LogP contribution in [0.5, 0.6) is 0 Å². The first kappa shape index (κ1) is 17.2. The van der Waals surface area contributed by atoms with Crippen molar-refractivity contribution < 1.29 is 9.35 Å². The van der Waals surface area contributed by atoms with Crippen LogP contribution in [0.4, 0.5) is 10.5 Å². The van der Waals surface area contributed by atoms with E-state index in [1.165, 1.54) is 33.8 Å². The quantitative estimate of drug-likeness (QED) is 0.773. The molecule has 7 heteroatoms. The summed E-state index contributed by atoms with van der Waals surface area (Å²) in [5, 5.41) is 3.14. The first-order valence-electron chi connectivity index (χ1n) is 9.65. The molecular weight excluding hydrogens is 366 g/mol. The lowest BCUT2D eigenvalue weighted by molar-refractivity contribution is 0.141. The molecule has 2 aliphatic heterocycles. The lowest BCUT2D eigenvalue weighted by atomic mass is 9.99. The standard InChI is InChI=1S/C19H25N3O2S2/c23-19(21-26(24)15-8-22(9-15)14-10-25-11-14)20-18-16-5-1-3-12(16)7-13-4-2-6-17(13)18/h7,14-15H,1-6,8-11H2,(H2,20,21,23). The molecule has 0 spiro atoms. The molecule has 0 bridgehead atoms. The molecule has 2 heterocycles. The zero-order valence-corrected chi connectivity index (χ0v) is 16.5. The van der Waals surface area contributed by atoms with Crippen molar-refractivity contribution in [2.75, 3.05) is 29.9 Å². The number of thioether (sulfide) groups is 1. The third-order valence-electron chi connectivity index (χ3n) is 6.22. The highest BCUT2D eigenvalue weighted by molar-refractivity contribution is 8.00. The largest absolute Gasteiger partial charge is 0.593 e. The number of amides is 2. The molecule has 140 valence electrons. The van der Waals surface area contributed by atoms with Crippen molar-refractivity contribution in [1.82, 2.24) is 9.62 Å². The molecule has 0 radical (unpaired) electrons. The third kappa shape index (κ3) is 3.03. The summed E-state index contributed by atoms with van der Waals surface area (Å²) < 4.78 is 15.2. The van der Waals surface area contributed by atoms with Gasteiger partial charge < -0.3 is 9.87 Å². The normalized spacial score (nSPS) is 23.7. The fraction of sp³-hybridized carbons (Fsp3) is 0.632. The number of fused-ring (bicyclic) bond motifs is 2. The number of urea groups is 1. The van der Waals surface area contributed by atoms with Crippen LogP contribution < -0.4 is 10.0 Å². The fourth-order valence-electron chi connectivity index (χ4n) is 4.62. The highest BCUT2D eigenvalue weighted by atomic mass is 32.2. The van der Waals surface area contributed by atoms with Gasteiger partial charge in [-0.25, -0.2) is 4.79 Å². The van der Waals surface area contributed by atoms with E-state index >= 15 is 0 Å². The summed E-state index contributed by atoms with van der Waals surface area (Å²) in [5.74, 6) is 2.38. The summed E-state index contributed by atoms with van der Waals surface area (Å²) in [6, 6.07) is 2.71. The van der Waals surface area contributed by atoms with Crippen LogP contribution in [0.15, 0.2) is 6.07 Å². The van der Waals surface area contributed by atoms with E-state index in [0.29, 0.717) is 6.04 Å². The van der Waals surface area contributed by atoms with Gasteiger partial charge in [0.1, 0.15) is 0 Å². The summed E-state index contributed by atoms with van der Waals surface area (Å²) in [5.41, 5.74) is 6.43. The predicted molar refractivity (Wildman–Crippen MR) is 107 cm³/mol. The van der Waals surface area contributed by atoms with Gasteiger partial charge in [0, 0.05) is 23.2 Å². The van der Waals surface area contributed by atoms with E-state index in [-0.39, 0.29) is 11.3 Å². The summed E-state index contributed by atoms with van der Waals surface area (Å²) in [4.78, 5) is 14.9. The van der Waals surface area contributed by atoms with E-state index in [9.17, 15) is 9.35 Å². The Morgan fingerprint density at radius 1 is 1.12 bits per heavy atom. The Bertz CT molecular complexity index is 700. The van der Waals surface area contributed by atoms with Crippen LogP contribution in [0.3, 0.4) is 0 Å². The van der Waals surface area contributed by atoms with Crippen molar-refractivity contribution in [3.63, 3.8) is 0 Å². The molecular formula is C19H25N3O2S2. The van der Waals surface area contributed by atoms with E-state index in [1.54, 1.807) is 0 Å². The van der Waals surface area contributed by atoms with Gasteiger partial charge in [-0.1, -0.05) is 6.07 Å². The highest BCUT2D eigenvalue weighted by Crippen LogP contribution is 2.38. The molecule has 1 atom stereocenters. The van der Waals surface area contributed by atoms with Crippen molar-refractivity contribution in [3.05, 3.63) is 28.3 Å².